The molecule has 0 aliphatic rings. The number of hydrogen-bond donors (Lipinski definition) is 0. The summed E-state index contributed by atoms with van der Waals surface area (Å²) in [5, 5.41) is -0.00700. The van der Waals surface area contributed by atoms with Crippen LogP contribution in [-0.2, 0) is 33.9 Å². The van der Waals surface area contributed by atoms with Crippen LogP contribution in [0.15, 0.2) is 38.6 Å². The molecular weight excluding hydrogens is 562 g/mol. The van der Waals surface area contributed by atoms with Crippen LogP contribution >= 0.6 is 11.6 Å². The largest absolute Gasteiger partial charge is 0.519 e. The van der Waals surface area contributed by atoms with Gasteiger partial charge in [0.15, 0.2) is 33.8 Å². The summed E-state index contributed by atoms with van der Waals surface area (Å²) in [5.74, 6) is 1.10. The highest BCUT2D eigenvalue weighted by molar-refractivity contribution is 6.28. The molecule has 1 unspecified atom stereocenters. The minimum atomic E-state index is -1.19. The van der Waals surface area contributed by atoms with Crippen molar-refractivity contribution in [2.75, 3.05) is 13.7 Å². The van der Waals surface area contributed by atoms with Crippen LogP contribution in [0.2, 0.25) is 5.28 Å². The van der Waals surface area contributed by atoms with E-state index in [1.165, 1.54) is 18.0 Å². The summed E-state index contributed by atoms with van der Waals surface area (Å²) in [4.78, 5) is 48.8. The first-order valence-corrected chi connectivity index (χ1v) is 12.8. The van der Waals surface area contributed by atoms with Crippen LogP contribution in [-0.4, -0.2) is 44.4 Å². The number of carbonyl (C=O) groups is 1. The van der Waals surface area contributed by atoms with Crippen LogP contribution in [0.3, 0.4) is 0 Å². The first-order valence-electron chi connectivity index (χ1n) is 12.5. The molecule has 0 radical (unpaired) electrons. The molecule has 4 aromatic heterocycles. The predicted octanol–water partition coefficient (Wildman–Crippen LogP) is 2.35. The number of methoxy groups -OCH3 is 1. The van der Waals surface area contributed by atoms with Gasteiger partial charge in [0, 0.05) is 20.1 Å². The Morgan fingerprint density at radius 3 is 2.39 bits per heavy atom. The van der Waals surface area contributed by atoms with Crippen molar-refractivity contribution in [3.63, 3.8) is 0 Å². The van der Waals surface area contributed by atoms with Gasteiger partial charge in [0.25, 0.3) is 0 Å². The van der Waals surface area contributed by atoms with Crippen molar-refractivity contribution >= 4 is 28.7 Å². The summed E-state index contributed by atoms with van der Waals surface area (Å²) in [5.41, 5.74) is -0.233. The van der Waals surface area contributed by atoms with Gasteiger partial charge in [0.05, 0.1) is 18.8 Å². The third kappa shape index (κ3) is 6.36. The number of ether oxygens (including phenoxy) is 2. The highest BCUT2D eigenvalue weighted by Crippen LogP contribution is 2.20. The van der Waals surface area contributed by atoms with E-state index in [0.29, 0.717) is 11.2 Å². The average molecular weight is 590 g/mol. The van der Waals surface area contributed by atoms with Crippen molar-refractivity contribution in [1.29, 1.82) is 0 Å². The van der Waals surface area contributed by atoms with Crippen LogP contribution in [0.1, 0.15) is 43.3 Å². The van der Waals surface area contributed by atoms with E-state index in [0.717, 1.165) is 0 Å². The summed E-state index contributed by atoms with van der Waals surface area (Å²) in [6.07, 6.45) is 7.55. The molecule has 4 rings (SSSR count). The Morgan fingerprint density at radius 2 is 1.83 bits per heavy atom. The summed E-state index contributed by atoms with van der Waals surface area (Å²) < 4.78 is 34.2. The van der Waals surface area contributed by atoms with Crippen molar-refractivity contribution in [3.8, 4) is 12.3 Å². The fourth-order valence-electron chi connectivity index (χ4n) is 3.87. The van der Waals surface area contributed by atoms with Gasteiger partial charge in [-0.05, 0) is 25.4 Å². The van der Waals surface area contributed by atoms with E-state index in [1.807, 2.05) is 0 Å². The van der Waals surface area contributed by atoms with Crippen LogP contribution in [0.5, 0.6) is 0 Å². The second kappa shape index (κ2) is 12.0. The molecule has 0 aliphatic heterocycles. The minimum Gasteiger partial charge on any atom is -0.461 e. The van der Waals surface area contributed by atoms with Crippen LogP contribution < -0.4 is 17.1 Å². The van der Waals surface area contributed by atoms with Gasteiger partial charge >= 0.3 is 17.6 Å². The second-order valence-corrected chi connectivity index (χ2v) is 9.78. The van der Waals surface area contributed by atoms with Crippen molar-refractivity contribution in [1.82, 2.24) is 19.1 Å². The molecule has 0 bridgehead atoms. The molecule has 0 spiro atoms. The molecular formula is C26H28ClN5O9. The first-order chi connectivity index (χ1) is 19.5. The molecule has 0 N–H and O–H groups in total. The fourth-order valence-corrected chi connectivity index (χ4v) is 4.09. The van der Waals surface area contributed by atoms with Gasteiger partial charge in [0.1, 0.15) is 24.7 Å². The standard InChI is InChI=1S/C26H28ClN5O9/c1-7-26(36-6,12-37-22(33)14(2)3)8-9-31-13-29-19-20(28-10-17-15(4)38-24(34)40-17)32(23(27)30-21(19)31)11-18-16(5)39-25(35)41-18/h1,13-14H,8-12H2,2-6H3/b28-20-. The van der Waals surface area contributed by atoms with Crippen molar-refractivity contribution < 1.29 is 31.9 Å². The zero-order chi connectivity index (χ0) is 29.9. The van der Waals surface area contributed by atoms with Gasteiger partial charge in [-0.2, -0.15) is 4.98 Å². The molecule has 15 heteroatoms. The SMILES string of the molecule is C#CC(CCn1cnc2/c(=N/Cc3oc(=O)oc3C)n(Cc3oc(=O)oc3C)c(Cl)nc21)(COC(=O)C(C)C)OC. The highest BCUT2D eigenvalue weighted by Gasteiger charge is 2.30. The Hall–Kier alpha value is -4.35. The summed E-state index contributed by atoms with van der Waals surface area (Å²) >= 11 is 6.62. The van der Waals surface area contributed by atoms with E-state index in [9.17, 15) is 14.4 Å². The average Bonchev–Trinajstić information content (AvgIpc) is 3.59. The monoisotopic (exact) mass is 589 g/mol. The Kier molecular flexibility index (Phi) is 8.69. The molecule has 218 valence electrons. The number of halogens is 1. The molecule has 0 saturated carbocycles. The molecule has 14 nitrogen and oxygen atoms in total. The minimum absolute atomic E-state index is 0.00700. The number of aryl methyl sites for hydroxylation is 3. The Bertz CT molecular complexity index is 1800. The molecule has 41 heavy (non-hydrogen) atoms. The Balaban J connectivity index is 1.74. The lowest BCUT2D eigenvalue weighted by molar-refractivity contribution is -0.154. The smallest absolute Gasteiger partial charge is 0.461 e. The molecule has 4 heterocycles. The van der Waals surface area contributed by atoms with Crippen LogP contribution in [0.4, 0.5) is 0 Å². The maximum atomic E-state index is 12.0. The number of rotatable bonds is 11. The number of aromatic nitrogens is 4. The number of imidazole rings is 1. The third-order valence-corrected chi connectivity index (χ3v) is 6.66. The molecule has 1 atom stereocenters. The zero-order valence-corrected chi connectivity index (χ0v) is 23.8. The van der Waals surface area contributed by atoms with E-state index in [1.54, 1.807) is 32.3 Å². The maximum absolute atomic E-state index is 12.0. The van der Waals surface area contributed by atoms with Crippen molar-refractivity contribution in [2.45, 2.75) is 59.4 Å². The van der Waals surface area contributed by atoms with E-state index in [-0.39, 0.29) is 72.4 Å². The number of terminal acetylenes is 1. The van der Waals surface area contributed by atoms with Crippen molar-refractivity contribution in [2.24, 2.45) is 10.9 Å². The molecule has 0 aliphatic carbocycles. The van der Waals surface area contributed by atoms with E-state index < -0.39 is 23.2 Å². The second-order valence-electron chi connectivity index (χ2n) is 9.44. The molecule has 0 saturated heterocycles. The van der Waals surface area contributed by atoms with Gasteiger partial charge in [0.2, 0.25) is 5.28 Å². The van der Waals surface area contributed by atoms with E-state index in [4.69, 9.17) is 45.2 Å². The fraction of sp³-hybridized carbons (Fsp3) is 0.462. The number of nitrogens with zero attached hydrogens (tertiary/aromatic N) is 5. The van der Waals surface area contributed by atoms with Gasteiger partial charge in [-0.3, -0.25) is 14.4 Å². The number of fused-ring (bicyclic) bond motifs is 1. The van der Waals surface area contributed by atoms with E-state index in [2.05, 4.69) is 20.9 Å². The number of esters is 1. The predicted molar refractivity (Wildman–Crippen MR) is 142 cm³/mol. The van der Waals surface area contributed by atoms with E-state index >= 15 is 0 Å². The normalized spacial score (nSPS) is 13.6. The maximum Gasteiger partial charge on any atom is 0.519 e. The lowest BCUT2D eigenvalue weighted by atomic mass is 10.0. The van der Waals surface area contributed by atoms with Crippen LogP contribution in [0, 0.1) is 32.1 Å². The van der Waals surface area contributed by atoms with Gasteiger partial charge < -0.3 is 31.7 Å². The topological polar surface area (TPSA) is 170 Å². The third-order valence-electron chi connectivity index (χ3n) is 6.37. The first kappa shape index (κ1) is 29.6. The summed E-state index contributed by atoms with van der Waals surface area (Å²) in [7, 11) is 1.44. The zero-order valence-electron chi connectivity index (χ0n) is 23.1. The molecule has 4 aromatic rings. The van der Waals surface area contributed by atoms with Gasteiger partial charge in [-0.25, -0.2) is 14.6 Å². The molecule has 0 amide bonds. The van der Waals surface area contributed by atoms with Gasteiger partial charge in [-0.15, -0.1) is 6.42 Å². The highest BCUT2D eigenvalue weighted by atomic mass is 35.5. The summed E-state index contributed by atoms with van der Waals surface area (Å²) in [6, 6.07) is 0. The molecule has 0 aromatic carbocycles. The lowest BCUT2D eigenvalue weighted by Gasteiger charge is -2.27. The quantitative estimate of drug-likeness (QED) is 0.143. The Morgan fingerprint density at radius 1 is 1.17 bits per heavy atom. The summed E-state index contributed by atoms with van der Waals surface area (Å²) in [6.45, 7) is 6.58. The lowest BCUT2D eigenvalue weighted by Crippen LogP contribution is -2.38. The number of carbonyl (C=O) groups excluding carboxylic acids is 1. The number of hydrogen-bond acceptors (Lipinski definition) is 12. The molecule has 0 fully saturated rings. The van der Waals surface area contributed by atoms with Gasteiger partial charge in [-0.1, -0.05) is 19.8 Å². The Labute approximate surface area is 237 Å². The van der Waals surface area contributed by atoms with Crippen LogP contribution in [0.25, 0.3) is 11.2 Å². The van der Waals surface area contributed by atoms with Crippen molar-refractivity contribution in [3.05, 3.63) is 61.4 Å².